The van der Waals surface area contributed by atoms with E-state index in [-0.39, 0.29) is 0 Å². The van der Waals surface area contributed by atoms with Gasteiger partial charge in [-0.3, -0.25) is 9.55 Å². The molecule has 0 aliphatic heterocycles. The van der Waals surface area contributed by atoms with Crippen molar-refractivity contribution in [2.75, 3.05) is 7.11 Å². The number of aromatic nitrogens is 3. The molecular weight excluding hydrogens is 262 g/mol. The van der Waals surface area contributed by atoms with Crippen molar-refractivity contribution in [1.82, 2.24) is 14.5 Å². The number of methoxy groups -OCH3 is 1. The number of pyridine rings is 1. The maximum Gasteiger partial charge on any atom is 0.129 e. The van der Waals surface area contributed by atoms with Crippen LogP contribution in [0.25, 0.3) is 16.7 Å². The highest BCUT2D eigenvalue weighted by Crippen LogP contribution is 2.24. The monoisotopic (exact) mass is 273 g/mol. The Morgan fingerprint density at radius 2 is 2.21 bits per heavy atom. The van der Waals surface area contributed by atoms with Gasteiger partial charge in [0, 0.05) is 12.3 Å². The Balaban J connectivity index is 2.27. The highest BCUT2D eigenvalue weighted by atomic mass is 35.5. The number of fused-ring (bicyclic) bond motifs is 1. The zero-order valence-electron chi connectivity index (χ0n) is 10.4. The fraction of sp³-hybridized carbons (Fsp3) is 0.143. The summed E-state index contributed by atoms with van der Waals surface area (Å²) >= 11 is 5.99. The third kappa shape index (κ3) is 2.04. The van der Waals surface area contributed by atoms with Gasteiger partial charge in [0.2, 0.25) is 0 Å². The Labute approximate surface area is 115 Å². The summed E-state index contributed by atoms with van der Waals surface area (Å²) in [5, 5.41) is 0. The Morgan fingerprint density at radius 1 is 1.32 bits per heavy atom. The molecule has 2 heterocycles. The van der Waals surface area contributed by atoms with E-state index < -0.39 is 0 Å². The summed E-state index contributed by atoms with van der Waals surface area (Å²) in [6.07, 6.45) is 3.49. The molecule has 0 bridgehead atoms. The van der Waals surface area contributed by atoms with E-state index in [9.17, 15) is 0 Å². The smallest absolute Gasteiger partial charge is 0.129 e. The van der Waals surface area contributed by atoms with Crippen LogP contribution in [0.4, 0.5) is 0 Å². The molecule has 3 rings (SSSR count). The molecule has 1 aromatic carbocycles. The van der Waals surface area contributed by atoms with Crippen molar-refractivity contribution in [3.05, 3.63) is 48.5 Å². The number of hydrogen-bond donors (Lipinski definition) is 0. The molecule has 3 aromatic rings. The van der Waals surface area contributed by atoms with Crippen LogP contribution in [0.1, 0.15) is 5.82 Å². The van der Waals surface area contributed by atoms with E-state index >= 15 is 0 Å². The first-order valence-electron chi connectivity index (χ1n) is 5.85. The van der Waals surface area contributed by atoms with Crippen LogP contribution < -0.4 is 4.74 Å². The summed E-state index contributed by atoms with van der Waals surface area (Å²) in [7, 11) is 1.65. The van der Waals surface area contributed by atoms with Gasteiger partial charge in [0.05, 0.1) is 30.4 Å². The number of benzene rings is 1. The van der Waals surface area contributed by atoms with Crippen molar-refractivity contribution in [3.8, 4) is 11.4 Å². The van der Waals surface area contributed by atoms with Gasteiger partial charge < -0.3 is 4.74 Å². The maximum atomic E-state index is 5.99. The minimum Gasteiger partial charge on any atom is -0.497 e. The zero-order valence-corrected chi connectivity index (χ0v) is 11.1. The van der Waals surface area contributed by atoms with Crippen molar-refractivity contribution >= 4 is 22.6 Å². The second-order valence-corrected chi connectivity index (χ2v) is 4.33. The number of alkyl halides is 1. The molecule has 0 N–H and O–H groups in total. The van der Waals surface area contributed by atoms with Gasteiger partial charge in [-0.1, -0.05) is 6.07 Å². The van der Waals surface area contributed by atoms with Gasteiger partial charge in [0.15, 0.2) is 0 Å². The lowest BCUT2D eigenvalue weighted by Gasteiger charge is -2.09. The van der Waals surface area contributed by atoms with Crippen molar-refractivity contribution in [3.63, 3.8) is 0 Å². The lowest BCUT2D eigenvalue weighted by molar-refractivity contribution is 0.414. The lowest BCUT2D eigenvalue weighted by Crippen LogP contribution is -1.99. The minimum absolute atomic E-state index is 0.339. The lowest BCUT2D eigenvalue weighted by atomic mass is 10.3. The third-order valence-corrected chi connectivity index (χ3v) is 3.20. The zero-order chi connectivity index (χ0) is 13.2. The Hall–Kier alpha value is -2.07. The summed E-state index contributed by atoms with van der Waals surface area (Å²) in [5.74, 6) is 1.93. The number of halogens is 1. The minimum atomic E-state index is 0.339. The number of ether oxygens (including phenoxy) is 1. The fourth-order valence-corrected chi connectivity index (χ4v) is 2.29. The number of hydrogen-bond acceptors (Lipinski definition) is 3. The second-order valence-electron chi connectivity index (χ2n) is 4.06. The summed E-state index contributed by atoms with van der Waals surface area (Å²) in [6, 6.07) is 9.74. The van der Waals surface area contributed by atoms with Crippen molar-refractivity contribution < 1.29 is 4.74 Å². The van der Waals surface area contributed by atoms with Crippen molar-refractivity contribution in [2.24, 2.45) is 0 Å². The van der Waals surface area contributed by atoms with E-state index in [0.717, 1.165) is 28.3 Å². The summed E-state index contributed by atoms with van der Waals surface area (Å²) in [5.41, 5.74) is 2.79. The van der Waals surface area contributed by atoms with E-state index in [4.69, 9.17) is 16.3 Å². The van der Waals surface area contributed by atoms with Crippen LogP contribution in [0, 0.1) is 0 Å². The molecule has 0 saturated carbocycles. The van der Waals surface area contributed by atoms with E-state index in [2.05, 4.69) is 9.97 Å². The average molecular weight is 274 g/mol. The fourth-order valence-electron chi connectivity index (χ4n) is 2.11. The topological polar surface area (TPSA) is 39.9 Å². The van der Waals surface area contributed by atoms with Crippen LogP contribution in [0.5, 0.6) is 5.75 Å². The van der Waals surface area contributed by atoms with Crippen LogP contribution in [0.2, 0.25) is 0 Å². The van der Waals surface area contributed by atoms with Gasteiger partial charge in [-0.25, -0.2) is 4.98 Å². The standard InChI is InChI=1S/C14H12ClN3O/c1-19-11-4-2-3-10(7-11)18-13-5-6-16-9-12(13)17-14(18)8-15/h2-7,9H,8H2,1H3. The van der Waals surface area contributed by atoms with Crippen molar-refractivity contribution in [2.45, 2.75) is 5.88 Å². The molecule has 4 nitrogen and oxygen atoms in total. The molecule has 0 amide bonds. The van der Waals surface area contributed by atoms with Crippen LogP contribution in [0.3, 0.4) is 0 Å². The number of rotatable bonds is 3. The first-order valence-corrected chi connectivity index (χ1v) is 6.38. The molecule has 0 fully saturated rings. The third-order valence-electron chi connectivity index (χ3n) is 2.96. The highest BCUT2D eigenvalue weighted by Gasteiger charge is 2.11. The van der Waals surface area contributed by atoms with Crippen LogP contribution in [0.15, 0.2) is 42.7 Å². The van der Waals surface area contributed by atoms with Crippen molar-refractivity contribution in [1.29, 1.82) is 0 Å². The maximum absolute atomic E-state index is 5.99. The van der Waals surface area contributed by atoms with Crippen LogP contribution >= 0.6 is 11.6 Å². The first kappa shape index (κ1) is 12.0. The molecule has 0 aliphatic rings. The van der Waals surface area contributed by atoms with Gasteiger partial charge in [0.1, 0.15) is 17.1 Å². The molecule has 0 saturated heterocycles. The van der Waals surface area contributed by atoms with E-state index in [1.165, 1.54) is 0 Å². The van der Waals surface area contributed by atoms with Gasteiger partial charge in [-0.05, 0) is 18.2 Å². The SMILES string of the molecule is COc1cccc(-n2c(CCl)nc3cnccc32)c1. The highest BCUT2D eigenvalue weighted by molar-refractivity contribution is 6.17. The molecule has 0 aliphatic carbocycles. The number of imidazole rings is 1. The second kappa shape index (κ2) is 4.90. The normalized spacial score (nSPS) is 10.8. The summed E-state index contributed by atoms with van der Waals surface area (Å²) in [4.78, 5) is 8.58. The van der Waals surface area contributed by atoms with E-state index in [0.29, 0.717) is 5.88 Å². The molecule has 96 valence electrons. The molecule has 0 radical (unpaired) electrons. The van der Waals surface area contributed by atoms with Gasteiger partial charge in [-0.2, -0.15) is 0 Å². The van der Waals surface area contributed by atoms with Gasteiger partial charge in [-0.15, -0.1) is 11.6 Å². The molecule has 2 aromatic heterocycles. The van der Waals surface area contributed by atoms with Gasteiger partial charge in [0.25, 0.3) is 0 Å². The van der Waals surface area contributed by atoms with Crippen LogP contribution in [-0.2, 0) is 5.88 Å². The van der Waals surface area contributed by atoms with Crippen LogP contribution in [-0.4, -0.2) is 21.6 Å². The summed E-state index contributed by atoms with van der Waals surface area (Å²) < 4.78 is 7.28. The molecule has 0 atom stereocenters. The Bertz CT molecular complexity index is 724. The summed E-state index contributed by atoms with van der Waals surface area (Å²) in [6.45, 7) is 0. The quantitative estimate of drug-likeness (QED) is 0.688. The molecule has 5 heteroatoms. The van der Waals surface area contributed by atoms with E-state index in [1.807, 2.05) is 34.9 Å². The molecule has 0 spiro atoms. The molecule has 0 unspecified atom stereocenters. The average Bonchev–Trinajstić information content (AvgIpc) is 2.85. The first-order chi connectivity index (χ1) is 9.33. The Morgan fingerprint density at radius 3 is 3.00 bits per heavy atom. The Kier molecular flexibility index (Phi) is 3.09. The number of nitrogens with zero attached hydrogens (tertiary/aromatic N) is 3. The largest absolute Gasteiger partial charge is 0.497 e. The molecule has 19 heavy (non-hydrogen) atoms. The molecular formula is C14H12ClN3O. The predicted molar refractivity (Wildman–Crippen MR) is 75.0 cm³/mol. The van der Waals surface area contributed by atoms with Gasteiger partial charge >= 0.3 is 0 Å². The van der Waals surface area contributed by atoms with E-state index in [1.54, 1.807) is 19.5 Å². The predicted octanol–water partition coefficient (Wildman–Crippen LogP) is 3.17.